The topological polar surface area (TPSA) is 29.1 Å². The largest absolute Gasteiger partial charge is 0.417 e. The summed E-state index contributed by atoms with van der Waals surface area (Å²) < 4.78 is 124. The molecular weight excluding hydrogens is 608 g/mol. The summed E-state index contributed by atoms with van der Waals surface area (Å²) in [5.41, 5.74) is -4.68. The average Bonchev–Trinajstić information content (AvgIpc) is 2.84. The molecule has 0 aromatic heterocycles. The second kappa shape index (κ2) is 11.7. The highest BCUT2D eigenvalue weighted by Gasteiger charge is 2.41. The fraction of sp³-hybridized carbons (Fsp3) is 0.160. The van der Waals surface area contributed by atoms with E-state index in [4.69, 9.17) is 34.8 Å². The van der Waals surface area contributed by atoms with Crippen LogP contribution < -0.4 is 5.32 Å². The number of halogens is 12. The van der Waals surface area contributed by atoms with Gasteiger partial charge in [0, 0.05) is 11.1 Å². The molecule has 0 bridgehead atoms. The van der Waals surface area contributed by atoms with Crippen molar-refractivity contribution in [1.82, 2.24) is 0 Å². The Morgan fingerprint density at radius 3 is 2.08 bits per heavy atom. The number of ketones is 1. The first-order valence-corrected chi connectivity index (χ1v) is 11.6. The Balaban J connectivity index is 1.99. The normalized spacial score (nSPS) is 13.4. The highest BCUT2D eigenvalue weighted by molar-refractivity contribution is 6.48. The SMILES string of the molecule is O=C(CNc1cc(F)ccc1F)c1ccc(/C(F)=C/C(c2cc(Cl)c(Cl)c(Cl)c2)C(F)(F)F)cc1C(F)(F)F. The smallest absolute Gasteiger partial charge is 0.375 e. The van der Waals surface area contributed by atoms with Crippen molar-refractivity contribution in [2.75, 3.05) is 11.9 Å². The van der Waals surface area contributed by atoms with Gasteiger partial charge < -0.3 is 5.32 Å². The lowest BCUT2D eigenvalue weighted by molar-refractivity contribution is -0.140. The van der Waals surface area contributed by atoms with Gasteiger partial charge in [-0.2, -0.15) is 26.3 Å². The van der Waals surface area contributed by atoms with Crippen molar-refractivity contribution in [1.29, 1.82) is 0 Å². The molecule has 0 aliphatic heterocycles. The average molecular weight is 621 g/mol. The summed E-state index contributed by atoms with van der Waals surface area (Å²) >= 11 is 17.3. The first-order chi connectivity index (χ1) is 18.0. The Morgan fingerprint density at radius 1 is 0.897 bits per heavy atom. The van der Waals surface area contributed by atoms with E-state index in [1.165, 1.54) is 0 Å². The second-order valence-electron chi connectivity index (χ2n) is 7.99. The van der Waals surface area contributed by atoms with Gasteiger partial charge in [0.25, 0.3) is 0 Å². The Labute approximate surface area is 230 Å². The first-order valence-electron chi connectivity index (χ1n) is 10.5. The van der Waals surface area contributed by atoms with E-state index in [1.54, 1.807) is 0 Å². The van der Waals surface area contributed by atoms with E-state index in [0.717, 1.165) is 24.3 Å². The van der Waals surface area contributed by atoms with Crippen LogP contribution in [-0.2, 0) is 6.18 Å². The van der Waals surface area contributed by atoms with Gasteiger partial charge >= 0.3 is 12.4 Å². The minimum absolute atomic E-state index is 0.0289. The molecule has 0 aliphatic rings. The van der Waals surface area contributed by atoms with Crippen molar-refractivity contribution in [3.63, 3.8) is 0 Å². The molecule has 3 aromatic carbocycles. The third-order valence-electron chi connectivity index (χ3n) is 5.30. The lowest BCUT2D eigenvalue weighted by Gasteiger charge is -2.19. The number of hydrogen-bond donors (Lipinski definition) is 1. The van der Waals surface area contributed by atoms with Crippen molar-refractivity contribution in [2.45, 2.75) is 18.3 Å². The number of benzene rings is 3. The second-order valence-corrected chi connectivity index (χ2v) is 9.18. The predicted octanol–water partition coefficient (Wildman–Crippen LogP) is 9.90. The molecule has 3 rings (SSSR count). The van der Waals surface area contributed by atoms with E-state index in [1.807, 2.05) is 0 Å². The summed E-state index contributed by atoms with van der Waals surface area (Å²) in [7, 11) is 0. The molecule has 208 valence electrons. The van der Waals surface area contributed by atoms with Gasteiger partial charge in [-0.15, -0.1) is 0 Å². The molecule has 0 amide bonds. The number of Topliss-reactive ketones (excluding diaryl/α,β-unsaturated/α-hetero) is 1. The number of anilines is 1. The van der Waals surface area contributed by atoms with Crippen molar-refractivity contribution >= 4 is 52.1 Å². The molecule has 1 N–H and O–H groups in total. The fourth-order valence-electron chi connectivity index (χ4n) is 3.45. The molecule has 1 unspecified atom stereocenters. The third-order valence-corrected chi connectivity index (χ3v) is 6.50. The minimum Gasteiger partial charge on any atom is -0.375 e. The molecular formula is C25H13Cl3F9NO. The van der Waals surface area contributed by atoms with Crippen LogP contribution in [0.4, 0.5) is 45.2 Å². The molecule has 0 spiro atoms. The van der Waals surface area contributed by atoms with Crippen molar-refractivity contribution in [3.05, 3.63) is 104 Å². The van der Waals surface area contributed by atoms with Gasteiger partial charge in [-0.3, -0.25) is 4.79 Å². The molecule has 0 aliphatic carbocycles. The van der Waals surface area contributed by atoms with Crippen LogP contribution in [0, 0.1) is 11.6 Å². The van der Waals surface area contributed by atoms with Crippen LogP contribution in [0.2, 0.25) is 15.1 Å². The lowest BCUT2D eigenvalue weighted by atomic mass is 9.95. The summed E-state index contributed by atoms with van der Waals surface area (Å²) in [4.78, 5) is 12.5. The van der Waals surface area contributed by atoms with Crippen molar-refractivity contribution in [2.24, 2.45) is 0 Å². The lowest BCUT2D eigenvalue weighted by Crippen LogP contribution is -2.20. The zero-order chi connectivity index (χ0) is 29.3. The molecule has 14 heteroatoms. The molecule has 3 aromatic rings. The van der Waals surface area contributed by atoms with Crippen LogP contribution in [0.1, 0.15) is 33.0 Å². The monoisotopic (exact) mass is 619 g/mol. The Hall–Kier alpha value is -2.89. The first kappa shape index (κ1) is 30.6. The molecule has 39 heavy (non-hydrogen) atoms. The Kier molecular flexibility index (Phi) is 9.19. The molecule has 0 saturated heterocycles. The van der Waals surface area contributed by atoms with E-state index >= 15 is 0 Å². The molecule has 1 atom stereocenters. The van der Waals surface area contributed by atoms with Crippen LogP contribution in [0.25, 0.3) is 5.83 Å². The highest BCUT2D eigenvalue weighted by atomic mass is 35.5. The van der Waals surface area contributed by atoms with Crippen LogP contribution in [0.3, 0.4) is 0 Å². The quantitative estimate of drug-likeness (QED) is 0.162. The number of allylic oxidation sites excluding steroid dienone is 1. The number of nitrogens with one attached hydrogen (secondary N) is 1. The summed E-state index contributed by atoms with van der Waals surface area (Å²) in [5.74, 6) is -7.46. The molecule has 2 nitrogen and oxygen atoms in total. The predicted molar refractivity (Wildman–Crippen MR) is 130 cm³/mol. The van der Waals surface area contributed by atoms with Crippen LogP contribution in [0.5, 0.6) is 0 Å². The summed E-state index contributed by atoms with van der Waals surface area (Å²) in [5, 5.41) is 1.19. The van der Waals surface area contributed by atoms with E-state index in [9.17, 15) is 44.3 Å². The zero-order valence-electron chi connectivity index (χ0n) is 18.9. The van der Waals surface area contributed by atoms with Gasteiger partial charge in [0.2, 0.25) is 0 Å². The summed E-state index contributed by atoms with van der Waals surface area (Å²) in [6.07, 6.45) is -10.3. The van der Waals surface area contributed by atoms with E-state index in [2.05, 4.69) is 5.32 Å². The van der Waals surface area contributed by atoms with Gasteiger partial charge in [-0.25, -0.2) is 13.2 Å². The van der Waals surface area contributed by atoms with Crippen LogP contribution in [-0.4, -0.2) is 18.5 Å². The van der Waals surface area contributed by atoms with Crippen molar-refractivity contribution < 1.29 is 44.3 Å². The van der Waals surface area contributed by atoms with Gasteiger partial charge in [0.1, 0.15) is 23.4 Å². The maximum Gasteiger partial charge on any atom is 0.417 e. The third kappa shape index (κ3) is 7.40. The van der Waals surface area contributed by atoms with Gasteiger partial charge in [-0.05, 0) is 48.0 Å². The highest BCUT2D eigenvalue weighted by Crippen LogP contribution is 2.43. The molecule has 0 heterocycles. The number of carbonyl (C=O) groups excluding carboxylic acids is 1. The van der Waals surface area contributed by atoms with Gasteiger partial charge in [0.15, 0.2) is 5.78 Å². The minimum atomic E-state index is -5.23. The standard InChI is InChI=1S/C25H13Cl3F9NO/c26-17-6-12(7-18(27)23(17)28)15(24(32,33)34)9-20(31)11-1-3-14(16(5-11)25(35,36)37)22(39)10-38-21-8-13(29)2-4-19(21)30/h1-9,15,38H,10H2/b20-9-. The molecule has 0 saturated carbocycles. The maximum atomic E-state index is 15.0. The van der Waals surface area contributed by atoms with E-state index < -0.39 is 76.0 Å². The summed E-state index contributed by atoms with van der Waals surface area (Å²) in [6, 6.07) is 5.16. The number of carbonyl (C=O) groups is 1. The number of hydrogen-bond acceptors (Lipinski definition) is 2. The Bertz CT molecular complexity index is 1410. The Morgan fingerprint density at radius 2 is 1.51 bits per heavy atom. The van der Waals surface area contributed by atoms with Crippen LogP contribution in [0.15, 0.2) is 54.6 Å². The van der Waals surface area contributed by atoms with Crippen molar-refractivity contribution in [3.8, 4) is 0 Å². The fourth-order valence-corrected chi connectivity index (χ4v) is 4.06. The van der Waals surface area contributed by atoms with Gasteiger partial charge in [-0.1, -0.05) is 46.9 Å². The van der Waals surface area contributed by atoms with E-state index in [-0.39, 0.29) is 27.2 Å². The van der Waals surface area contributed by atoms with E-state index in [0.29, 0.717) is 18.2 Å². The molecule has 0 radical (unpaired) electrons. The number of alkyl halides is 6. The van der Waals surface area contributed by atoms with Crippen LogP contribution >= 0.6 is 34.8 Å². The summed E-state index contributed by atoms with van der Waals surface area (Å²) in [6.45, 7) is -0.907. The number of rotatable bonds is 7. The maximum absolute atomic E-state index is 15.0. The zero-order valence-corrected chi connectivity index (χ0v) is 21.2. The molecule has 0 fully saturated rings. The van der Waals surface area contributed by atoms with Gasteiger partial charge in [0.05, 0.1) is 32.9 Å².